The summed E-state index contributed by atoms with van der Waals surface area (Å²) in [4.78, 5) is 21.2. The van der Waals surface area contributed by atoms with Gasteiger partial charge >= 0.3 is 12.1 Å². The standard InChI is InChI=1S/C17H9ClF3NO6/c18-12-6-8-5-11(16(23)24)15(17(19,20)21)28-13(8)7-14(12)27-10-3-1-9(2-4-10)22(25)26/h1-7,15H,(H,23,24). The van der Waals surface area contributed by atoms with Gasteiger partial charge in [0.15, 0.2) is 0 Å². The summed E-state index contributed by atoms with van der Waals surface area (Å²) in [5, 5.41) is 19.7. The third kappa shape index (κ3) is 3.86. The molecule has 146 valence electrons. The highest BCUT2D eigenvalue weighted by atomic mass is 35.5. The fraction of sp³-hybridized carbons (Fsp3) is 0.118. The summed E-state index contributed by atoms with van der Waals surface area (Å²) in [6.07, 6.45) is -6.76. The number of nitrogens with zero attached hydrogens (tertiary/aromatic N) is 1. The van der Waals surface area contributed by atoms with Crippen LogP contribution in [0.5, 0.6) is 17.2 Å². The number of fused-ring (bicyclic) bond motifs is 1. The first kappa shape index (κ1) is 19.5. The maximum atomic E-state index is 13.1. The highest BCUT2D eigenvalue weighted by Gasteiger charge is 2.48. The van der Waals surface area contributed by atoms with Crippen LogP contribution in [0.4, 0.5) is 18.9 Å². The average molecular weight is 416 g/mol. The molecule has 2 aromatic rings. The highest BCUT2D eigenvalue weighted by molar-refractivity contribution is 6.32. The molecule has 0 saturated heterocycles. The Bertz CT molecular complexity index is 988. The number of ether oxygens (including phenoxy) is 2. The van der Waals surface area contributed by atoms with Crippen molar-refractivity contribution in [1.29, 1.82) is 0 Å². The fourth-order valence-corrected chi connectivity index (χ4v) is 2.67. The van der Waals surface area contributed by atoms with E-state index in [1.54, 1.807) is 0 Å². The largest absolute Gasteiger partial charge is 0.478 e. The number of hydrogen-bond donors (Lipinski definition) is 1. The Morgan fingerprint density at radius 2 is 1.89 bits per heavy atom. The van der Waals surface area contributed by atoms with Crippen LogP contribution in [-0.2, 0) is 4.79 Å². The van der Waals surface area contributed by atoms with Gasteiger partial charge in [-0.2, -0.15) is 13.2 Å². The second-order valence-electron chi connectivity index (χ2n) is 5.62. The number of carbonyl (C=O) groups is 1. The zero-order chi connectivity index (χ0) is 20.6. The van der Waals surface area contributed by atoms with E-state index in [4.69, 9.17) is 26.2 Å². The minimum Gasteiger partial charge on any atom is -0.478 e. The van der Waals surface area contributed by atoms with Gasteiger partial charge in [0.1, 0.15) is 17.2 Å². The zero-order valence-corrected chi connectivity index (χ0v) is 14.3. The molecular formula is C17H9ClF3NO6. The number of alkyl halides is 3. The number of carboxylic acid groups (broad SMARTS) is 1. The second-order valence-corrected chi connectivity index (χ2v) is 6.03. The van der Waals surface area contributed by atoms with E-state index in [9.17, 15) is 28.1 Å². The summed E-state index contributed by atoms with van der Waals surface area (Å²) in [6, 6.07) is 7.23. The summed E-state index contributed by atoms with van der Waals surface area (Å²) < 4.78 is 49.7. The lowest BCUT2D eigenvalue weighted by Crippen LogP contribution is -2.40. The number of rotatable bonds is 4. The van der Waals surface area contributed by atoms with Gasteiger partial charge in [-0.3, -0.25) is 10.1 Å². The second kappa shape index (κ2) is 7.04. The number of aliphatic carboxylic acids is 1. The molecule has 1 atom stereocenters. The molecule has 0 fully saturated rings. The van der Waals surface area contributed by atoms with Crippen LogP contribution < -0.4 is 9.47 Å². The fourth-order valence-electron chi connectivity index (χ4n) is 2.46. The van der Waals surface area contributed by atoms with E-state index < -0.39 is 28.7 Å². The maximum Gasteiger partial charge on any atom is 0.430 e. The van der Waals surface area contributed by atoms with Crippen LogP contribution >= 0.6 is 11.6 Å². The summed E-state index contributed by atoms with van der Waals surface area (Å²) in [6.45, 7) is 0. The van der Waals surface area contributed by atoms with Crippen LogP contribution in [0.2, 0.25) is 5.02 Å². The van der Waals surface area contributed by atoms with Crippen molar-refractivity contribution in [3.8, 4) is 17.2 Å². The summed E-state index contributed by atoms with van der Waals surface area (Å²) in [5.41, 5.74) is -1.11. The molecule has 2 aromatic carbocycles. The van der Waals surface area contributed by atoms with Crippen LogP contribution in [0, 0.1) is 10.1 Å². The molecule has 0 bridgehead atoms. The first-order chi connectivity index (χ1) is 13.1. The molecule has 0 saturated carbocycles. The molecule has 1 aliphatic heterocycles. The summed E-state index contributed by atoms with van der Waals surface area (Å²) >= 11 is 6.06. The van der Waals surface area contributed by atoms with Gasteiger partial charge in [0.25, 0.3) is 5.69 Å². The van der Waals surface area contributed by atoms with E-state index in [1.807, 2.05) is 0 Å². The molecule has 1 heterocycles. The van der Waals surface area contributed by atoms with Gasteiger partial charge in [-0.05, 0) is 24.3 Å². The first-order valence-corrected chi connectivity index (χ1v) is 7.88. The molecule has 1 unspecified atom stereocenters. The quantitative estimate of drug-likeness (QED) is 0.567. The van der Waals surface area contributed by atoms with Crippen molar-refractivity contribution in [2.24, 2.45) is 0 Å². The number of nitro groups is 1. The third-order valence-electron chi connectivity index (χ3n) is 3.72. The SMILES string of the molecule is O=C(O)C1=Cc2cc(Cl)c(Oc3ccc([N+](=O)[O-])cc3)cc2OC1C(F)(F)F. The minimum atomic E-state index is -4.94. The van der Waals surface area contributed by atoms with E-state index in [-0.39, 0.29) is 33.5 Å². The monoisotopic (exact) mass is 415 g/mol. The van der Waals surface area contributed by atoms with Crippen LogP contribution in [0.1, 0.15) is 5.56 Å². The van der Waals surface area contributed by atoms with Gasteiger partial charge in [0.05, 0.1) is 15.5 Å². The van der Waals surface area contributed by atoms with Gasteiger partial charge in [-0.15, -0.1) is 0 Å². The van der Waals surface area contributed by atoms with E-state index in [2.05, 4.69) is 0 Å². The van der Waals surface area contributed by atoms with Crippen LogP contribution in [0.25, 0.3) is 6.08 Å². The van der Waals surface area contributed by atoms with E-state index in [1.165, 1.54) is 30.3 Å². The van der Waals surface area contributed by atoms with Gasteiger partial charge in [0.2, 0.25) is 6.10 Å². The van der Waals surface area contributed by atoms with Crippen LogP contribution in [0.3, 0.4) is 0 Å². The molecule has 0 aromatic heterocycles. The van der Waals surface area contributed by atoms with Crippen LogP contribution in [0.15, 0.2) is 42.0 Å². The number of hydrogen-bond acceptors (Lipinski definition) is 5. The Balaban J connectivity index is 1.96. The molecule has 3 rings (SSSR count). The van der Waals surface area contributed by atoms with Crippen molar-refractivity contribution in [3.05, 3.63) is 62.7 Å². The summed E-state index contributed by atoms with van der Waals surface area (Å²) in [7, 11) is 0. The van der Waals surface area contributed by atoms with Gasteiger partial charge in [-0.1, -0.05) is 11.6 Å². The number of benzene rings is 2. The minimum absolute atomic E-state index is 0.0212. The molecule has 28 heavy (non-hydrogen) atoms. The van der Waals surface area contributed by atoms with Crippen molar-refractivity contribution >= 4 is 29.3 Å². The molecule has 1 N–H and O–H groups in total. The number of non-ortho nitro benzene ring substituents is 1. The van der Waals surface area contributed by atoms with Crippen LogP contribution in [-0.4, -0.2) is 28.3 Å². The van der Waals surface area contributed by atoms with Gasteiger partial charge in [0, 0.05) is 23.8 Å². The van der Waals surface area contributed by atoms with E-state index in [0.717, 1.165) is 12.1 Å². The molecule has 1 aliphatic rings. The molecule has 0 amide bonds. The van der Waals surface area contributed by atoms with Crippen molar-refractivity contribution < 1.29 is 37.5 Å². The molecular weight excluding hydrogens is 407 g/mol. The molecule has 7 nitrogen and oxygen atoms in total. The van der Waals surface area contributed by atoms with Crippen molar-refractivity contribution in [2.75, 3.05) is 0 Å². The van der Waals surface area contributed by atoms with E-state index in [0.29, 0.717) is 0 Å². The predicted molar refractivity (Wildman–Crippen MR) is 90.7 cm³/mol. The zero-order valence-electron chi connectivity index (χ0n) is 13.6. The Morgan fingerprint density at radius 1 is 1.25 bits per heavy atom. The lowest BCUT2D eigenvalue weighted by molar-refractivity contribution is -0.384. The Morgan fingerprint density at radius 3 is 2.43 bits per heavy atom. The maximum absolute atomic E-state index is 13.1. The van der Waals surface area contributed by atoms with Crippen molar-refractivity contribution in [2.45, 2.75) is 12.3 Å². The van der Waals surface area contributed by atoms with Crippen molar-refractivity contribution in [1.82, 2.24) is 0 Å². The Hall–Kier alpha value is -3.27. The normalized spacial score (nSPS) is 15.9. The number of halogens is 4. The highest BCUT2D eigenvalue weighted by Crippen LogP contribution is 2.42. The Kier molecular flexibility index (Phi) is 4.90. The lowest BCUT2D eigenvalue weighted by Gasteiger charge is -2.27. The first-order valence-electron chi connectivity index (χ1n) is 7.50. The average Bonchev–Trinajstić information content (AvgIpc) is 2.61. The van der Waals surface area contributed by atoms with Gasteiger partial charge in [-0.25, -0.2) is 4.79 Å². The number of nitro benzene ring substituents is 1. The smallest absolute Gasteiger partial charge is 0.430 e. The molecule has 0 radical (unpaired) electrons. The third-order valence-corrected chi connectivity index (χ3v) is 4.02. The van der Waals surface area contributed by atoms with E-state index >= 15 is 0 Å². The molecule has 11 heteroatoms. The predicted octanol–water partition coefficient (Wildman–Crippen LogP) is 4.83. The Labute approximate surface area is 159 Å². The topological polar surface area (TPSA) is 98.9 Å². The summed E-state index contributed by atoms with van der Waals surface area (Å²) in [5.74, 6) is -1.95. The van der Waals surface area contributed by atoms with Crippen molar-refractivity contribution in [3.63, 3.8) is 0 Å². The lowest BCUT2D eigenvalue weighted by atomic mass is 10.0. The molecule has 0 aliphatic carbocycles. The number of carboxylic acids is 1. The van der Waals surface area contributed by atoms with Gasteiger partial charge < -0.3 is 14.6 Å². The molecule has 0 spiro atoms.